The van der Waals surface area contributed by atoms with E-state index in [4.69, 9.17) is 0 Å². The van der Waals surface area contributed by atoms with Crippen LogP contribution in [0.1, 0.15) is 30.6 Å². The van der Waals surface area contributed by atoms with Crippen LogP contribution in [0, 0.1) is 5.82 Å². The van der Waals surface area contributed by atoms with Gasteiger partial charge < -0.3 is 5.32 Å². The Kier molecular flexibility index (Phi) is 4.79. The number of nitrogens with zero attached hydrogens (tertiary/aromatic N) is 2. The van der Waals surface area contributed by atoms with Crippen LogP contribution in [-0.4, -0.2) is 15.3 Å². The first kappa shape index (κ1) is 13.6. The van der Waals surface area contributed by atoms with Crippen LogP contribution in [0.2, 0.25) is 0 Å². The topological polar surface area (TPSA) is 37.8 Å². The third-order valence-corrected chi connectivity index (χ3v) is 3.53. The van der Waals surface area contributed by atoms with Gasteiger partial charge in [0.15, 0.2) is 0 Å². The molecule has 3 nitrogen and oxygen atoms in total. The van der Waals surface area contributed by atoms with Crippen LogP contribution in [0.25, 0.3) is 0 Å². The van der Waals surface area contributed by atoms with Crippen molar-refractivity contribution in [1.29, 1.82) is 0 Å². The maximum atomic E-state index is 13.9. The molecular formula is C12H13BrFN3S. The fourth-order valence-electron chi connectivity index (χ4n) is 1.70. The van der Waals surface area contributed by atoms with Gasteiger partial charge in [0.2, 0.25) is 0 Å². The molecule has 0 saturated carbocycles. The molecule has 1 aromatic heterocycles. The molecular weight excluding hydrogens is 317 g/mol. The summed E-state index contributed by atoms with van der Waals surface area (Å²) >= 11 is 4.50. The molecule has 0 amide bonds. The Morgan fingerprint density at radius 1 is 1.50 bits per heavy atom. The number of hydrogen-bond acceptors (Lipinski definition) is 4. The minimum absolute atomic E-state index is 0.236. The highest BCUT2D eigenvalue weighted by molar-refractivity contribution is 9.10. The summed E-state index contributed by atoms with van der Waals surface area (Å²) in [5, 5.41) is 3.30. The van der Waals surface area contributed by atoms with E-state index in [9.17, 15) is 4.39 Å². The molecule has 0 aliphatic heterocycles. The van der Waals surface area contributed by atoms with E-state index in [0.29, 0.717) is 5.56 Å². The molecule has 96 valence electrons. The average Bonchev–Trinajstić information content (AvgIpc) is 2.88. The summed E-state index contributed by atoms with van der Waals surface area (Å²) in [6.45, 7) is 2.87. The van der Waals surface area contributed by atoms with Crippen LogP contribution in [0.5, 0.6) is 0 Å². The van der Waals surface area contributed by atoms with Crippen molar-refractivity contribution in [3.63, 3.8) is 0 Å². The second kappa shape index (κ2) is 6.36. The molecule has 1 N–H and O–H groups in total. The second-order valence-corrected chi connectivity index (χ2v) is 5.36. The van der Waals surface area contributed by atoms with Crippen molar-refractivity contribution in [3.8, 4) is 0 Å². The van der Waals surface area contributed by atoms with Gasteiger partial charge >= 0.3 is 0 Å². The molecule has 18 heavy (non-hydrogen) atoms. The van der Waals surface area contributed by atoms with Crippen LogP contribution in [0.3, 0.4) is 0 Å². The monoisotopic (exact) mass is 329 g/mol. The van der Waals surface area contributed by atoms with E-state index in [0.717, 1.165) is 34.9 Å². The smallest absolute Gasteiger partial charge is 0.128 e. The number of aromatic nitrogens is 2. The van der Waals surface area contributed by atoms with E-state index in [-0.39, 0.29) is 11.9 Å². The van der Waals surface area contributed by atoms with Crippen LogP contribution in [-0.2, 0) is 0 Å². The van der Waals surface area contributed by atoms with Gasteiger partial charge in [0.1, 0.15) is 5.82 Å². The minimum atomic E-state index is -0.249. The number of rotatable bonds is 5. The lowest BCUT2D eigenvalue weighted by molar-refractivity contribution is 0.541. The number of benzene rings is 1. The highest BCUT2D eigenvalue weighted by Gasteiger charge is 2.19. The Labute approximate surface area is 118 Å². The Morgan fingerprint density at radius 3 is 3.00 bits per heavy atom. The van der Waals surface area contributed by atoms with E-state index in [2.05, 4.69) is 36.9 Å². The van der Waals surface area contributed by atoms with E-state index >= 15 is 0 Å². The Morgan fingerprint density at radius 2 is 2.33 bits per heavy atom. The number of halogens is 2. The number of nitrogens with one attached hydrogen (secondary N) is 1. The largest absolute Gasteiger partial charge is 0.305 e. The summed E-state index contributed by atoms with van der Waals surface area (Å²) in [4.78, 5) is 0. The standard InChI is InChI=1S/C12H13BrFN3S/c1-2-5-15-12(11-7-16-18-17-11)9-6-8(13)3-4-10(9)14/h3-4,6-7,12,15H,2,5H2,1H3. The van der Waals surface area contributed by atoms with Crippen LogP contribution in [0.4, 0.5) is 4.39 Å². The molecule has 1 unspecified atom stereocenters. The fraction of sp³-hybridized carbons (Fsp3) is 0.333. The van der Waals surface area contributed by atoms with Gasteiger partial charge in [0.25, 0.3) is 0 Å². The molecule has 0 aliphatic carbocycles. The SMILES string of the molecule is CCCNC(c1cnsn1)c1cc(Br)ccc1F. The third kappa shape index (κ3) is 3.13. The average molecular weight is 330 g/mol. The summed E-state index contributed by atoms with van der Waals surface area (Å²) in [7, 11) is 0. The predicted molar refractivity (Wildman–Crippen MR) is 74.1 cm³/mol. The normalized spacial score (nSPS) is 12.6. The van der Waals surface area contributed by atoms with Crippen molar-refractivity contribution >= 4 is 27.7 Å². The zero-order valence-corrected chi connectivity index (χ0v) is 12.3. The minimum Gasteiger partial charge on any atom is -0.305 e. The zero-order chi connectivity index (χ0) is 13.0. The molecule has 0 spiro atoms. The maximum absolute atomic E-state index is 13.9. The Bertz CT molecular complexity index is 504. The van der Waals surface area contributed by atoms with Gasteiger partial charge in [-0.3, -0.25) is 0 Å². The van der Waals surface area contributed by atoms with Crippen LogP contribution < -0.4 is 5.32 Å². The molecule has 0 aliphatic rings. The lowest BCUT2D eigenvalue weighted by Crippen LogP contribution is -2.24. The van der Waals surface area contributed by atoms with Crippen molar-refractivity contribution in [1.82, 2.24) is 14.1 Å². The van der Waals surface area contributed by atoms with Crippen molar-refractivity contribution in [3.05, 3.63) is 45.9 Å². The third-order valence-electron chi connectivity index (χ3n) is 2.54. The van der Waals surface area contributed by atoms with E-state index < -0.39 is 0 Å². The van der Waals surface area contributed by atoms with E-state index in [1.165, 1.54) is 6.07 Å². The quantitative estimate of drug-likeness (QED) is 0.911. The molecule has 0 saturated heterocycles. The Balaban J connectivity index is 2.36. The molecule has 6 heteroatoms. The van der Waals surface area contributed by atoms with Crippen molar-refractivity contribution in [2.24, 2.45) is 0 Å². The highest BCUT2D eigenvalue weighted by atomic mass is 79.9. The van der Waals surface area contributed by atoms with Gasteiger partial charge in [-0.1, -0.05) is 22.9 Å². The summed E-state index contributed by atoms with van der Waals surface area (Å²) in [5.41, 5.74) is 1.34. The highest BCUT2D eigenvalue weighted by Crippen LogP contribution is 2.26. The van der Waals surface area contributed by atoms with Gasteiger partial charge in [0.05, 0.1) is 29.7 Å². The molecule has 2 rings (SSSR count). The number of hydrogen-bond donors (Lipinski definition) is 1. The predicted octanol–water partition coefficient (Wildman–Crippen LogP) is 3.53. The lowest BCUT2D eigenvalue weighted by atomic mass is 10.0. The van der Waals surface area contributed by atoms with Crippen LogP contribution in [0.15, 0.2) is 28.9 Å². The van der Waals surface area contributed by atoms with Crippen molar-refractivity contribution in [2.75, 3.05) is 6.54 Å². The first-order chi connectivity index (χ1) is 8.72. The van der Waals surface area contributed by atoms with Crippen molar-refractivity contribution < 1.29 is 4.39 Å². The van der Waals surface area contributed by atoms with Gasteiger partial charge in [0, 0.05) is 10.0 Å². The summed E-state index contributed by atoms with van der Waals surface area (Å²) in [5.74, 6) is -0.236. The second-order valence-electron chi connectivity index (χ2n) is 3.89. The molecule has 0 bridgehead atoms. The first-order valence-electron chi connectivity index (χ1n) is 5.68. The molecule has 2 aromatic rings. The molecule has 1 atom stereocenters. The Hall–Kier alpha value is -0.850. The van der Waals surface area contributed by atoms with Gasteiger partial charge in [-0.2, -0.15) is 8.75 Å². The first-order valence-corrected chi connectivity index (χ1v) is 7.20. The summed E-state index contributed by atoms with van der Waals surface area (Å²) in [6, 6.07) is 4.68. The summed E-state index contributed by atoms with van der Waals surface area (Å²) < 4.78 is 23.0. The van der Waals surface area contributed by atoms with Crippen molar-refractivity contribution in [2.45, 2.75) is 19.4 Å². The maximum Gasteiger partial charge on any atom is 0.128 e. The summed E-state index contributed by atoms with van der Waals surface area (Å²) in [6.07, 6.45) is 2.65. The lowest BCUT2D eigenvalue weighted by Gasteiger charge is -2.17. The van der Waals surface area contributed by atoms with Gasteiger partial charge in [-0.25, -0.2) is 4.39 Å². The molecule has 0 fully saturated rings. The van der Waals surface area contributed by atoms with Crippen LogP contribution >= 0.6 is 27.7 Å². The fourth-order valence-corrected chi connectivity index (χ4v) is 2.53. The van der Waals surface area contributed by atoms with Gasteiger partial charge in [-0.05, 0) is 31.2 Å². The zero-order valence-electron chi connectivity index (χ0n) is 9.86. The molecule has 1 aromatic carbocycles. The molecule has 0 radical (unpaired) electrons. The van der Waals surface area contributed by atoms with E-state index in [1.54, 1.807) is 18.3 Å². The van der Waals surface area contributed by atoms with E-state index in [1.807, 2.05) is 0 Å². The van der Waals surface area contributed by atoms with Gasteiger partial charge in [-0.15, -0.1) is 0 Å². The molecule has 1 heterocycles.